The number of rotatable bonds is 3. The molecule has 0 spiro atoms. The van der Waals surface area contributed by atoms with Gasteiger partial charge in [-0.1, -0.05) is 0 Å². The van der Waals surface area contributed by atoms with E-state index in [0.717, 1.165) is 41.9 Å². The zero-order valence-electron chi connectivity index (χ0n) is 9.44. The van der Waals surface area contributed by atoms with E-state index in [2.05, 4.69) is 12.6 Å². The molecule has 4 saturated carbocycles. The van der Waals surface area contributed by atoms with Gasteiger partial charge >= 0.3 is 0 Å². The molecule has 0 aromatic carbocycles. The molecular weight excluding hydrogens is 202 g/mol. The van der Waals surface area contributed by atoms with Gasteiger partial charge < -0.3 is 5.73 Å². The van der Waals surface area contributed by atoms with Crippen LogP contribution < -0.4 is 5.73 Å². The van der Waals surface area contributed by atoms with Gasteiger partial charge in [0.15, 0.2) is 0 Å². The molecule has 0 aromatic rings. The molecular formula is C13H23NS. The third kappa shape index (κ3) is 1.64. The highest BCUT2D eigenvalue weighted by atomic mass is 32.1. The Morgan fingerprint density at radius 2 is 1.53 bits per heavy atom. The maximum absolute atomic E-state index is 5.91. The summed E-state index contributed by atoms with van der Waals surface area (Å²) in [6.45, 7) is 0.858. The zero-order valence-corrected chi connectivity index (χ0v) is 10.3. The van der Waals surface area contributed by atoms with Crippen LogP contribution in [0.4, 0.5) is 0 Å². The standard InChI is InChI=1S/C13H23NS/c14-6-12(7-15)13-10-2-8-1-9(4-10)5-11(13)3-8/h8-13,15H,1-7,14H2. The lowest BCUT2D eigenvalue weighted by molar-refractivity contribution is -0.0559. The lowest BCUT2D eigenvalue weighted by Crippen LogP contribution is -2.49. The average Bonchev–Trinajstić information content (AvgIpc) is 2.22. The summed E-state index contributed by atoms with van der Waals surface area (Å²) in [6, 6.07) is 0. The van der Waals surface area contributed by atoms with Crippen LogP contribution in [0.3, 0.4) is 0 Å². The fourth-order valence-corrected chi connectivity index (χ4v) is 5.48. The molecule has 4 aliphatic rings. The predicted molar refractivity (Wildman–Crippen MR) is 66.9 cm³/mol. The Morgan fingerprint density at radius 3 is 1.93 bits per heavy atom. The number of hydrogen-bond donors (Lipinski definition) is 2. The van der Waals surface area contributed by atoms with Crippen LogP contribution in [0, 0.1) is 35.5 Å². The first-order chi connectivity index (χ1) is 7.31. The summed E-state index contributed by atoms with van der Waals surface area (Å²) in [6.07, 6.45) is 7.61. The smallest absolute Gasteiger partial charge is 0.00382 e. The van der Waals surface area contributed by atoms with Crippen LogP contribution in [0.1, 0.15) is 32.1 Å². The van der Waals surface area contributed by atoms with E-state index in [1.54, 1.807) is 6.42 Å². The van der Waals surface area contributed by atoms with E-state index in [1.807, 2.05) is 0 Å². The highest BCUT2D eigenvalue weighted by Gasteiger charge is 2.49. The van der Waals surface area contributed by atoms with Gasteiger partial charge in [0.25, 0.3) is 0 Å². The van der Waals surface area contributed by atoms with Crippen molar-refractivity contribution in [3.63, 3.8) is 0 Å². The second kappa shape index (κ2) is 3.96. The Bertz CT molecular complexity index is 209. The molecule has 4 fully saturated rings. The van der Waals surface area contributed by atoms with Crippen LogP contribution in [0.15, 0.2) is 0 Å². The minimum atomic E-state index is 0.698. The summed E-state index contributed by atoms with van der Waals surface area (Å²) in [7, 11) is 0. The van der Waals surface area contributed by atoms with Crippen molar-refractivity contribution >= 4 is 12.6 Å². The van der Waals surface area contributed by atoms with E-state index < -0.39 is 0 Å². The van der Waals surface area contributed by atoms with Gasteiger partial charge in [0.1, 0.15) is 0 Å². The van der Waals surface area contributed by atoms with Crippen LogP contribution in [0.25, 0.3) is 0 Å². The maximum atomic E-state index is 5.91. The van der Waals surface area contributed by atoms with Gasteiger partial charge in [0, 0.05) is 0 Å². The van der Waals surface area contributed by atoms with Gasteiger partial charge in [-0.2, -0.15) is 12.6 Å². The molecule has 0 aromatic heterocycles. The lowest BCUT2D eigenvalue weighted by atomic mass is 9.50. The van der Waals surface area contributed by atoms with Gasteiger partial charge in [0.05, 0.1) is 0 Å². The topological polar surface area (TPSA) is 26.0 Å². The third-order valence-electron chi connectivity index (χ3n) is 5.38. The number of nitrogens with two attached hydrogens (primary N) is 1. The first kappa shape index (κ1) is 10.5. The van der Waals surface area contributed by atoms with Gasteiger partial charge in [-0.15, -0.1) is 0 Å². The van der Waals surface area contributed by atoms with Gasteiger partial charge in [-0.25, -0.2) is 0 Å². The molecule has 0 aliphatic heterocycles. The first-order valence-corrected chi connectivity index (χ1v) is 7.26. The second-order valence-electron chi connectivity index (χ2n) is 6.19. The SMILES string of the molecule is NCC(CS)C1C2CC3CC(C2)CC1C3. The predicted octanol–water partition coefficient (Wildman–Crippen LogP) is 2.56. The Kier molecular flexibility index (Phi) is 2.76. The van der Waals surface area contributed by atoms with Gasteiger partial charge in [0.2, 0.25) is 0 Å². The summed E-state index contributed by atoms with van der Waals surface area (Å²) in [4.78, 5) is 0. The molecule has 0 heterocycles. The summed E-state index contributed by atoms with van der Waals surface area (Å²) in [5.74, 6) is 6.83. The lowest BCUT2D eigenvalue weighted by Gasteiger charge is -2.56. The first-order valence-electron chi connectivity index (χ1n) is 6.62. The molecule has 4 bridgehead atoms. The van der Waals surface area contributed by atoms with E-state index in [0.29, 0.717) is 5.92 Å². The third-order valence-corrected chi connectivity index (χ3v) is 5.85. The normalized spacial score (nSPS) is 49.6. The Hall–Kier alpha value is 0.310. The van der Waals surface area contributed by atoms with Crippen molar-refractivity contribution in [2.24, 2.45) is 41.2 Å². The molecule has 15 heavy (non-hydrogen) atoms. The summed E-state index contributed by atoms with van der Waals surface area (Å²) >= 11 is 4.50. The van der Waals surface area contributed by atoms with Crippen molar-refractivity contribution in [3.8, 4) is 0 Å². The molecule has 2 N–H and O–H groups in total. The van der Waals surface area contributed by atoms with Crippen molar-refractivity contribution in [1.82, 2.24) is 0 Å². The van der Waals surface area contributed by atoms with Crippen molar-refractivity contribution < 1.29 is 0 Å². The zero-order chi connectivity index (χ0) is 10.4. The quantitative estimate of drug-likeness (QED) is 0.709. The number of thiol groups is 1. The molecule has 0 radical (unpaired) electrons. The minimum Gasteiger partial charge on any atom is -0.330 e. The van der Waals surface area contributed by atoms with Crippen LogP contribution in [-0.4, -0.2) is 12.3 Å². The van der Waals surface area contributed by atoms with Crippen LogP contribution in [-0.2, 0) is 0 Å². The fraction of sp³-hybridized carbons (Fsp3) is 1.00. The summed E-state index contributed by atoms with van der Waals surface area (Å²) in [5.41, 5.74) is 5.91. The minimum absolute atomic E-state index is 0.698. The largest absolute Gasteiger partial charge is 0.330 e. The van der Waals surface area contributed by atoms with E-state index >= 15 is 0 Å². The molecule has 4 aliphatic carbocycles. The van der Waals surface area contributed by atoms with Crippen LogP contribution >= 0.6 is 12.6 Å². The van der Waals surface area contributed by atoms with E-state index in [9.17, 15) is 0 Å². The van der Waals surface area contributed by atoms with Crippen LogP contribution in [0.5, 0.6) is 0 Å². The molecule has 1 atom stereocenters. The maximum Gasteiger partial charge on any atom is -0.00382 e. The molecule has 2 heteroatoms. The number of hydrogen-bond acceptors (Lipinski definition) is 2. The molecule has 1 unspecified atom stereocenters. The Labute approximate surface area is 98.6 Å². The van der Waals surface area contributed by atoms with Gasteiger partial charge in [-0.05, 0) is 79.9 Å². The van der Waals surface area contributed by atoms with E-state index in [-0.39, 0.29) is 0 Å². The van der Waals surface area contributed by atoms with Crippen molar-refractivity contribution in [1.29, 1.82) is 0 Å². The van der Waals surface area contributed by atoms with Crippen molar-refractivity contribution in [2.45, 2.75) is 32.1 Å². The van der Waals surface area contributed by atoms with E-state index in [1.165, 1.54) is 25.7 Å². The molecule has 4 rings (SSSR count). The summed E-state index contributed by atoms with van der Waals surface area (Å²) in [5, 5.41) is 0. The Morgan fingerprint density at radius 1 is 1.00 bits per heavy atom. The molecule has 86 valence electrons. The van der Waals surface area contributed by atoms with Crippen LogP contribution in [0.2, 0.25) is 0 Å². The summed E-state index contributed by atoms with van der Waals surface area (Å²) < 4.78 is 0. The van der Waals surface area contributed by atoms with E-state index in [4.69, 9.17) is 5.73 Å². The van der Waals surface area contributed by atoms with Crippen molar-refractivity contribution in [3.05, 3.63) is 0 Å². The average molecular weight is 225 g/mol. The second-order valence-corrected chi connectivity index (χ2v) is 6.55. The van der Waals surface area contributed by atoms with Crippen molar-refractivity contribution in [2.75, 3.05) is 12.3 Å². The molecule has 1 nitrogen and oxygen atoms in total. The monoisotopic (exact) mass is 225 g/mol. The van der Waals surface area contributed by atoms with Gasteiger partial charge in [-0.3, -0.25) is 0 Å². The Balaban J connectivity index is 1.79. The fourth-order valence-electron chi connectivity index (χ4n) is 5.09. The molecule has 0 amide bonds. The highest BCUT2D eigenvalue weighted by Crippen LogP contribution is 2.58. The highest BCUT2D eigenvalue weighted by molar-refractivity contribution is 7.80. The molecule has 0 saturated heterocycles.